The van der Waals surface area contributed by atoms with E-state index in [0.717, 1.165) is 52.7 Å². The molecule has 0 saturated carbocycles. The van der Waals surface area contributed by atoms with Crippen LogP contribution in [-0.2, 0) is 29.8 Å². The van der Waals surface area contributed by atoms with Gasteiger partial charge in [-0.15, -0.1) is 0 Å². The molecule has 2 aromatic heterocycles. The van der Waals surface area contributed by atoms with Crippen LogP contribution >= 0.6 is 0 Å². The molecule has 1 aliphatic rings. The van der Waals surface area contributed by atoms with Crippen molar-refractivity contribution < 1.29 is 35.9 Å². The molecule has 5 aromatic rings. The second-order valence-electron chi connectivity index (χ2n) is 12.5. The normalized spacial score (nSPS) is 14.2. The molecule has 1 saturated heterocycles. The summed E-state index contributed by atoms with van der Waals surface area (Å²) in [4.78, 5) is 25.7. The molecule has 0 bridgehead atoms. The first kappa shape index (κ1) is 35.7. The standard InChI is InChI=1S/C36H37F3N6O5S/c1-24(2)49-29-10-5-25(6-11-29)23-44-15-17-45(18-16-44)34(46)33-19-26-7-12-30(20-32(26)42(33)3)50-35-40-21-28(22-41-35)43(4)51(47,48)31-13-8-27(9-14-31)36(37,38)39/h5-14,19-22,24H,15-18,23H2,1-4H3. The molecule has 1 aliphatic heterocycles. The van der Waals surface area contributed by atoms with Crippen LogP contribution in [0.1, 0.15) is 35.5 Å². The number of benzene rings is 3. The Kier molecular flexibility index (Phi) is 9.95. The van der Waals surface area contributed by atoms with E-state index in [-0.39, 0.29) is 28.6 Å². The van der Waals surface area contributed by atoms with Crippen LogP contribution in [0, 0.1) is 0 Å². The number of sulfonamides is 1. The number of halogens is 3. The topological polar surface area (TPSA) is 110 Å². The molecular weight excluding hydrogens is 685 g/mol. The van der Waals surface area contributed by atoms with Crippen molar-refractivity contribution in [2.24, 2.45) is 7.05 Å². The van der Waals surface area contributed by atoms with E-state index in [1.165, 1.54) is 25.0 Å². The van der Waals surface area contributed by atoms with Gasteiger partial charge in [-0.3, -0.25) is 14.0 Å². The summed E-state index contributed by atoms with van der Waals surface area (Å²) in [7, 11) is -1.12. The van der Waals surface area contributed by atoms with Gasteiger partial charge in [0, 0.05) is 58.3 Å². The minimum absolute atomic E-state index is 0.0540. The van der Waals surface area contributed by atoms with Crippen molar-refractivity contribution in [2.75, 3.05) is 37.5 Å². The fourth-order valence-corrected chi connectivity index (χ4v) is 6.96. The molecule has 11 nitrogen and oxygen atoms in total. The molecule has 268 valence electrons. The van der Waals surface area contributed by atoms with Gasteiger partial charge in [0.15, 0.2) is 0 Å². The number of amides is 1. The summed E-state index contributed by atoms with van der Waals surface area (Å²) in [6.45, 7) is 7.53. The van der Waals surface area contributed by atoms with Crippen LogP contribution in [0.25, 0.3) is 10.9 Å². The number of fused-ring (bicyclic) bond motifs is 1. The van der Waals surface area contributed by atoms with E-state index in [1.807, 2.05) is 54.6 Å². The maximum Gasteiger partial charge on any atom is 0.416 e. The summed E-state index contributed by atoms with van der Waals surface area (Å²) in [5.41, 5.74) is 1.63. The Morgan fingerprint density at radius 3 is 2.14 bits per heavy atom. The van der Waals surface area contributed by atoms with Crippen molar-refractivity contribution in [2.45, 2.75) is 37.6 Å². The third-order valence-corrected chi connectivity index (χ3v) is 10.4. The molecule has 1 fully saturated rings. The highest BCUT2D eigenvalue weighted by Gasteiger charge is 2.31. The Balaban J connectivity index is 1.07. The van der Waals surface area contributed by atoms with E-state index in [9.17, 15) is 26.4 Å². The Hall–Kier alpha value is -5.15. The first-order valence-corrected chi connectivity index (χ1v) is 17.7. The van der Waals surface area contributed by atoms with E-state index in [4.69, 9.17) is 9.47 Å². The summed E-state index contributed by atoms with van der Waals surface area (Å²) in [6.07, 6.45) is -1.99. The number of ether oxygens (including phenoxy) is 2. The molecule has 6 rings (SSSR count). The number of rotatable bonds is 10. The van der Waals surface area contributed by atoms with Crippen LogP contribution in [0.5, 0.6) is 17.5 Å². The highest BCUT2D eigenvalue weighted by molar-refractivity contribution is 7.92. The quantitative estimate of drug-likeness (QED) is 0.164. The van der Waals surface area contributed by atoms with Crippen LogP contribution in [-0.4, -0.2) is 78.0 Å². The predicted molar refractivity (Wildman–Crippen MR) is 185 cm³/mol. The number of carbonyl (C=O) groups is 1. The van der Waals surface area contributed by atoms with Crippen molar-refractivity contribution in [3.8, 4) is 17.5 Å². The van der Waals surface area contributed by atoms with Gasteiger partial charge in [0.05, 0.1) is 40.2 Å². The SMILES string of the molecule is CC(C)Oc1ccc(CN2CCN(C(=O)c3cc4ccc(Oc5ncc(N(C)S(=O)(=O)c6ccc(C(F)(F)F)cc6)cn5)cc4n3C)CC2)cc1. The lowest BCUT2D eigenvalue weighted by molar-refractivity contribution is -0.137. The number of anilines is 1. The summed E-state index contributed by atoms with van der Waals surface area (Å²) in [6, 6.07) is 18.5. The first-order chi connectivity index (χ1) is 24.2. The lowest BCUT2D eigenvalue weighted by Gasteiger charge is -2.34. The molecule has 0 spiro atoms. The van der Waals surface area contributed by atoms with Gasteiger partial charge >= 0.3 is 12.2 Å². The van der Waals surface area contributed by atoms with Gasteiger partial charge in [-0.25, -0.2) is 18.4 Å². The summed E-state index contributed by atoms with van der Waals surface area (Å²) in [5, 5.41) is 0.850. The molecule has 0 aliphatic carbocycles. The highest BCUT2D eigenvalue weighted by atomic mass is 32.2. The molecule has 15 heteroatoms. The monoisotopic (exact) mass is 722 g/mol. The van der Waals surface area contributed by atoms with E-state index in [0.29, 0.717) is 36.7 Å². The predicted octanol–water partition coefficient (Wildman–Crippen LogP) is 6.35. The minimum atomic E-state index is -4.59. The van der Waals surface area contributed by atoms with Crippen molar-refractivity contribution in [3.05, 3.63) is 102 Å². The van der Waals surface area contributed by atoms with Gasteiger partial charge in [-0.2, -0.15) is 13.2 Å². The van der Waals surface area contributed by atoms with Crippen molar-refractivity contribution in [1.29, 1.82) is 0 Å². The van der Waals surface area contributed by atoms with Gasteiger partial charge in [-0.1, -0.05) is 12.1 Å². The number of alkyl halides is 3. The molecule has 3 heterocycles. The Morgan fingerprint density at radius 1 is 0.902 bits per heavy atom. The number of nitrogens with zero attached hydrogens (tertiary/aromatic N) is 6. The number of hydrogen-bond acceptors (Lipinski definition) is 8. The van der Waals surface area contributed by atoms with Crippen LogP contribution < -0.4 is 13.8 Å². The minimum Gasteiger partial charge on any atom is -0.491 e. The van der Waals surface area contributed by atoms with Gasteiger partial charge in [0.2, 0.25) is 0 Å². The molecular formula is C36H37F3N6O5S. The fraction of sp³-hybridized carbons (Fsp3) is 0.306. The van der Waals surface area contributed by atoms with Crippen LogP contribution in [0.3, 0.4) is 0 Å². The zero-order chi connectivity index (χ0) is 36.5. The second kappa shape index (κ2) is 14.2. The largest absolute Gasteiger partial charge is 0.491 e. The third-order valence-electron chi connectivity index (χ3n) is 8.62. The first-order valence-electron chi connectivity index (χ1n) is 16.2. The molecule has 0 atom stereocenters. The van der Waals surface area contributed by atoms with Crippen molar-refractivity contribution in [3.63, 3.8) is 0 Å². The number of aryl methyl sites for hydroxylation is 1. The van der Waals surface area contributed by atoms with E-state index >= 15 is 0 Å². The number of aromatic nitrogens is 3. The maximum absolute atomic E-state index is 13.6. The molecule has 0 radical (unpaired) electrons. The van der Waals surface area contributed by atoms with Crippen LogP contribution in [0.2, 0.25) is 0 Å². The Labute approximate surface area is 293 Å². The number of hydrogen-bond donors (Lipinski definition) is 0. The summed E-state index contributed by atoms with van der Waals surface area (Å²) in [5.74, 6) is 1.20. The van der Waals surface area contributed by atoms with Gasteiger partial charge in [0.1, 0.15) is 17.2 Å². The molecule has 0 N–H and O–H groups in total. The maximum atomic E-state index is 13.6. The summed E-state index contributed by atoms with van der Waals surface area (Å²) >= 11 is 0. The van der Waals surface area contributed by atoms with Crippen LogP contribution in [0.4, 0.5) is 18.9 Å². The van der Waals surface area contributed by atoms with Crippen molar-refractivity contribution in [1.82, 2.24) is 24.3 Å². The Bertz CT molecular complexity index is 2110. The zero-order valence-corrected chi connectivity index (χ0v) is 29.3. The number of carbonyl (C=O) groups excluding carboxylic acids is 1. The smallest absolute Gasteiger partial charge is 0.416 e. The lowest BCUT2D eigenvalue weighted by Crippen LogP contribution is -2.48. The van der Waals surface area contributed by atoms with Gasteiger partial charge < -0.3 is 18.9 Å². The van der Waals surface area contributed by atoms with Crippen molar-refractivity contribution >= 4 is 32.5 Å². The molecule has 1 amide bonds. The molecule has 51 heavy (non-hydrogen) atoms. The molecule has 3 aromatic carbocycles. The van der Waals surface area contributed by atoms with Gasteiger partial charge in [0.25, 0.3) is 15.9 Å². The summed E-state index contributed by atoms with van der Waals surface area (Å²) < 4.78 is 79.1. The lowest BCUT2D eigenvalue weighted by atomic mass is 10.2. The van der Waals surface area contributed by atoms with E-state index < -0.39 is 21.8 Å². The number of piperazine rings is 1. The van der Waals surface area contributed by atoms with Gasteiger partial charge in [-0.05, 0) is 74.0 Å². The zero-order valence-electron chi connectivity index (χ0n) is 28.5. The van der Waals surface area contributed by atoms with E-state index in [1.54, 1.807) is 12.1 Å². The third kappa shape index (κ3) is 7.94. The highest BCUT2D eigenvalue weighted by Crippen LogP contribution is 2.31. The van der Waals surface area contributed by atoms with E-state index in [2.05, 4.69) is 27.0 Å². The Morgan fingerprint density at radius 2 is 1.53 bits per heavy atom. The average Bonchev–Trinajstić information content (AvgIpc) is 3.44. The van der Waals surface area contributed by atoms with Crippen LogP contribution in [0.15, 0.2) is 90.1 Å². The second-order valence-corrected chi connectivity index (χ2v) is 14.5. The average molecular weight is 723 g/mol. The molecule has 0 unspecified atom stereocenters. The fourth-order valence-electron chi connectivity index (χ4n) is 5.80.